The number of hydrogen-bond donors (Lipinski definition) is 2. The summed E-state index contributed by atoms with van der Waals surface area (Å²) in [5, 5.41) is 16.1. The number of anilines is 1. The summed E-state index contributed by atoms with van der Waals surface area (Å²) >= 11 is 1.51. The minimum Gasteiger partial charge on any atom is -0.316 e. The number of nitrogens with one attached hydrogen (secondary N) is 2. The van der Waals surface area contributed by atoms with Crippen LogP contribution in [0.5, 0.6) is 0 Å². The lowest BCUT2D eigenvalue weighted by molar-refractivity contribution is -0.116. The number of hydrogen-bond acceptors (Lipinski definition) is 5. The summed E-state index contributed by atoms with van der Waals surface area (Å²) in [4.78, 5) is 11.9. The zero-order chi connectivity index (χ0) is 14.4. The van der Waals surface area contributed by atoms with Gasteiger partial charge in [-0.1, -0.05) is 25.2 Å². The van der Waals surface area contributed by atoms with Gasteiger partial charge in [0.2, 0.25) is 11.0 Å². The first-order valence-electron chi connectivity index (χ1n) is 7.56. The Bertz CT molecular complexity index is 425. The number of amides is 1. The molecular weight excluding hydrogens is 272 g/mol. The molecule has 112 valence electrons. The van der Waals surface area contributed by atoms with Crippen molar-refractivity contribution in [1.29, 1.82) is 0 Å². The summed E-state index contributed by atoms with van der Waals surface area (Å²) in [6.45, 7) is 6.44. The smallest absolute Gasteiger partial charge is 0.226 e. The fourth-order valence-electron chi connectivity index (χ4n) is 2.57. The molecule has 1 atom stereocenters. The Balaban J connectivity index is 1.78. The van der Waals surface area contributed by atoms with E-state index < -0.39 is 0 Å². The number of nitrogens with zero attached hydrogens (tertiary/aromatic N) is 2. The zero-order valence-electron chi connectivity index (χ0n) is 12.3. The fourth-order valence-corrected chi connectivity index (χ4v) is 3.59. The van der Waals surface area contributed by atoms with Gasteiger partial charge < -0.3 is 10.6 Å². The predicted octanol–water partition coefficient (Wildman–Crippen LogP) is 2.77. The summed E-state index contributed by atoms with van der Waals surface area (Å²) in [5.41, 5.74) is 0. The van der Waals surface area contributed by atoms with E-state index >= 15 is 0 Å². The highest BCUT2D eigenvalue weighted by molar-refractivity contribution is 7.15. The lowest BCUT2D eigenvalue weighted by Gasteiger charge is -2.07. The van der Waals surface area contributed by atoms with E-state index in [0.29, 0.717) is 23.4 Å². The summed E-state index contributed by atoms with van der Waals surface area (Å²) in [7, 11) is 0. The second-order valence-corrected chi connectivity index (χ2v) is 6.41. The molecule has 0 saturated carbocycles. The van der Waals surface area contributed by atoms with Gasteiger partial charge in [0.1, 0.15) is 5.01 Å². The van der Waals surface area contributed by atoms with Crippen LogP contribution in [0.2, 0.25) is 0 Å². The van der Waals surface area contributed by atoms with Gasteiger partial charge >= 0.3 is 0 Å². The molecule has 1 amide bonds. The average molecular weight is 296 g/mol. The van der Waals surface area contributed by atoms with E-state index in [0.717, 1.165) is 37.4 Å². The van der Waals surface area contributed by atoms with Crippen molar-refractivity contribution in [1.82, 2.24) is 15.5 Å². The van der Waals surface area contributed by atoms with Gasteiger partial charge in [0.05, 0.1) is 0 Å². The molecule has 2 N–H and O–H groups in total. The van der Waals surface area contributed by atoms with Gasteiger partial charge in [-0.2, -0.15) is 0 Å². The standard InChI is InChI=1S/C14H24N4OS/c1-3-11(4-2)13-17-18-14(20-13)16-12(19)6-5-10-7-8-15-9-10/h10-11,15H,3-9H2,1-2H3,(H,16,18,19). The van der Waals surface area contributed by atoms with E-state index in [4.69, 9.17) is 0 Å². The third-order valence-corrected chi connectivity index (χ3v) is 4.97. The molecule has 2 rings (SSSR count). The molecule has 1 unspecified atom stereocenters. The predicted molar refractivity (Wildman–Crippen MR) is 82.1 cm³/mol. The van der Waals surface area contributed by atoms with Crippen molar-refractivity contribution in [2.24, 2.45) is 5.92 Å². The Morgan fingerprint density at radius 3 is 2.90 bits per heavy atom. The minimum atomic E-state index is 0.0594. The van der Waals surface area contributed by atoms with Crippen LogP contribution >= 0.6 is 11.3 Å². The maximum absolute atomic E-state index is 11.9. The molecular formula is C14H24N4OS. The molecule has 1 aromatic rings. The summed E-state index contributed by atoms with van der Waals surface area (Å²) in [6, 6.07) is 0. The Labute approximate surface area is 124 Å². The largest absolute Gasteiger partial charge is 0.316 e. The Hall–Kier alpha value is -1.01. The van der Waals surface area contributed by atoms with Gasteiger partial charge in [-0.15, -0.1) is 10.2 Å². The van der Waals surface area contributed by atoms with Crippen molar-refractivity contribution in [2.75, 3.05) is 18.4 Å². The highest BCUT2D eigenvalue weighted by Crippen LogP contribution is 2.28. The van der Waals surface area contributed by atoms with E-state index in [1.165, 1.54) is 17.8 Å². The number of carbonyl (C=O) groups is 1. The van der Waals surface area contributed by atoms with E-state index in [9.17, 15) is 4.79 Å². The number of rotatable bonds is 7. The van der Waals surface area contributed by atoms with Crippen LogP contribution in [0.25, 0.3) is 0 Å². The number of aromatic nitrogens is 2. The Morgan fingerprint density at radius 2 is 2.25 bits per heavy atom. The highest BCUT2D eigenvalue weighted by Gasteiger charge is 2.17. The Kier molecular flexibility index (Phi) is 5.91. The van der Waals surface area contributed by atoms with Gasteiger partial charge in [-0.25, -0.2) is 0 Å². The summed E-state index contributed by atoms with van der Waals surface area (Å²) in [5.74, 6) is 1.17. The third-order valence-electron chi connectivity index (χ3n) is 3.96. The second kappa shape index (κ2) is 7.69. The van der Waals surface area contributed by atoms with Crippen LogP contribution in [0, 0.1) is 5.92 Å². The molecule has 20 heavy (non-hydrogen) atoms. The van der Waals surface area contributed by atoms with Crippen molar-refractivity contribution in [2.45, 2.75) is 51.9 Å². The Morgan fingerprint density at radius 1 is 1.45 bits per heavy atom. The molecule has 0 spiro atoms. The van der Waals surface area contributed by atoms with Gasteiger partial charge in [-0.3, -0.25) is 4.79 Å². The first-order valence-corrected chi connectivity index (χ1v) is 8.38. The van der Waals surface area contributed by atoms with Crippen LogP contribution in [-0.2, 0) is 4.79 Å². The van der Waals surface area contributed by atoms with Crippen LogP contribution < -0.4 is 10.6 Å². The quantitative estimate of drug-likeness (QED) is 0.812. The monoisotopic (exact) mass is 296 g/mol. The molecule has 2 heterocycles. The van der Waals surface area contributed by atoms with E-state index in [-0.39, 0.29) is 5.91 Å². The zero-order valence-corrected chi connectivity index (χ0v) is 13.1. The van der Waals surface area contributed by atoms with E-state index in [1.54, 1.807) is 0 Å². The van der Waals surface area contributed by atoms with E-state index in [2.05, 4.69) is 34.7 Å². The van der Waals surface area contributed by atoms with Crippen LogP contribution in [0.3, 0.4) is 0 Å². The maximum Gasteiger partial charge on any atom is 0.226 e. The second-order valence-electron chi connectivity index (χ2n) is 5.40. The first kappa shape index (κ1) is 15.4. The van der Waals surface area contributed by atoms with Crippen molar-refractivity contribution in [3.63, 3.8) is 0 Å². The van der Waals surface area contributed by atoms with Gasteiger partial charge in [-0.05, 0) is 44.7 Å². The molecule has 1 aliphatic rings. The molecule has 6 heteroatoms. The fraction of sp³-hybridized carbons (Fsp3) is 0.786. The van der Waals surface area contributed by atoms with Crippen LogP contribution in [0.4, 0.5) is 5.13 Å². The molecule has 0 radical (unpaired) electrons. The molecule has 0 bridgehead atoms. The third kappa shape index (κ3) is 4.24. The van der Waals surface area contributed by atoms with E-state index in [1.807, 2.05) is 0 Å². The normalized spacial score (nSPS) is 18.6. The molecule has 1 aliphatic heterocycles. The van der Waals surface area contributed by atoms with Gasteiger partial charge in [0.25, 0.3) is 0 Å². The van der Waals surface area contributed by atoms with Crippen molar-refractivity contribution < 1.29 is 4.79 Å². The number of carbonyl (C=O) groups excluding carboxylic acids is 1. The SMILES string of the molecule is CCC(CC)c1nnc(NC(=O)CCC2CCNC2)s1. The lowest BCUT2D eigenvalue weighted by Crippen LogP contribution is -2.14. The highest BCUT2D eigenvalue weighted by atomic mass is 32.1. The molecule has 1 aromatic heterocycles. The van der Waals surface area contributed by atoms with Crippen LogP contribution in [-0.4, -0.2) is 29.2 Å². The average Bonchev–Trinajstić information content (AvgIpc) is 3.10. The molecule has 5 nitrogen and oxygen atoms in total. The topological polar surface area (TPSA) is 66.9 Å². The molecule has 1 saturated heterocycles. The summed E-state index contributed by atoms with van der Waals surface area (Å²) < 4.78 is 0. The van der Waals surface area contributed by atoms with Crippen molar-refractivity contribution in [3.05, 3.63) is 5.01 Å². The summed E-state index contributed by atoms with van der Waals surface area (Å²) in [6.07, 6.45) is 4.84. The van der Waals surface area contributed by atoms with Gasteiger partial charge in [0.15, 0.2) is 0 Å². The molecule has 1 fully saturated rings. The molecule has 0 aliphatic carbocycles. The van der Waals surface area contributed by atoms with Crippen LogP contribution in [0.1, 0.15) is 56.9 Å². The van der Waals surface area contributed by atoms with Crippen LogP contribution in [0.15, 0.2) is 0 Å². The maximum atomic E-state index is 11.9. The van der Waals surface area contributed by atoms with Gasteiger partial charge in [0, 0.05) is 12.3 Å². The molecule has 0 aromatic carbocycles. The lowest BCUT2D eigenvalue weighted by atomic mass is 10.0. The van der Waals surface area contributed by atoms with Crippen molar-refractivity contribution >= 4 is 22.4 Å². The first-order chi connectivity index (χ1) is 9.72. The minimum absolute atomic E-state index is 0.0594. The van der Waals surface area contributed by atoms with Crippen molar-refractivity contribution in [3.8, 4) is 0 Å².